The summed E-state index contributed by atoms with van der Waals surface area (Å²) in [5.41, 5.74) is 2.62. The van der Waals surface area contributed by atoms with Crippen LogP contribution in [-0.2, 0) is 10.8 Å². The van der Waals surface area contributed by atoms with Crippen molar-refractivity contribution in [3.05, 3.63) is 40.3 Å². The fourth-order valence-corrected chi connectivity index (χ4v) is 4.59. The zero-order chi connectivity index (χ0) is 13.0. The fourth-order valence-electron chi connectivity index (χ4n) is 2.34. The van der Waals surface area contributed by atoms with Gasteiger partial charge >= 0.3 is 0 Å². The highest BCUT2D eigenvalue weighted by molar-refractivity contribution is 9.09. The molecule has 98 valence electrons. The molecule has 1 aliphatic rings. The van der Waals surface area contributed by atoms with E-state index in [1.165, 1.54) is 30.4 Å². The lowest BCUT2D eigenvalue weighted by molar-refractivity contribution is 0.596. The van der Waals surface area contributed by atoms with Gasteiger partial charge in [0.15, 0.2) is 0 Å². The molecule has 2 rings (SSSR count). The molecule has 1 aliphatic carbocycles. The van der Waals surface area contributed by atoms with Crippen molar-refractivity contribution < 1.29 is 4.21 Å². The normalized spacial score (nSPS) is 17.6. The summed E-state index contributed by atoms with van der Waals surface area (Å²) >= 11 is 3.51. The first-order valence-corrected chi connectivity index (χ1v) is 8.75. The molecule has 0 amide bonds. The number of aryl methyl sites for hydroxylation is 1. The van der Waals surface area contributed by atoms with Crippen molar-refractivity contribution in [2.24, 2.45) is 0 Å². The Morgan fingerprint density at radius 2 is 1.78 bits per heavy atom. The van der Waals surface area contributed by atoms with E-state index in [0.717, 1.165) is 28.0 Å². The molecule has 3 heteroatoms. The van der Waals surface area contributed by atoms with Gasteiger partial charge in [-0.25, -0.2) is 4.21 Å². The van der Waals surface area contributed by atoms with E-state index in [9.17, 15) is 4.21 Å². The van der Waals surface area contributed by atoms with E-state index in [2.05, 4.69) is 22.9 Å². The Morgan fingerprint density at radius 1 is 1.17 bits per heavy atom. The molecule has 0 bridgehead atoms. The van der Waals surface area contributed by atoms with Gasteiger partial charge in [0, 0.05) is 15.1 Å². The fraction of sp³-hybridized carbons (Fsp3) is 0.467. The predicted octanol–water partition coefficient (Wildman–Crippen LogP) is 4.72. The zero-order valence-electron chi connectivity index (χ0n) is 10.7. The summed E-state index contributed by atoms with van der Waals surface area (Å²) in [4.78, 5) is 2.02. The standard InChI is InChI=1S/C15H19BrOS/c1-12-7-9-14(10-8-12)18(17)15(11-16)13-5-3-2-4-6-13/h7-10H,2-6,11H2,1H3. The molecule has 0 heterocycles. The monoisotopic (exact) mass is 326 g/mol. The van der Waals surface area contributed by atoms with Crippen molar-refractivity contribution in [2.75, 3.05) is 5.33 Å². The quantitative estimate of drug-likeness (QED) is 0.735. The van der Waals surface area contributed by atoms with Crippen LogP contribution in [0.1, 0.15) is 37.7 Å². The smallest absolute Gasteiger partial charge is 0.0816 e. The van der Waals surface area contributed by atoms with Crippen molar-refractivity contribution in [1.82, 2.24) is 0 Å². The van der Waals surface area contributed by atoms with Crippen LogP contribution >= 0.6 is 15.9 Å². The van der Waals surface area contributed by atoms with E-state index in [0.29, 0.717) is 0 Å². The number of alkyl halides is 1. The van der Waals surface area contributed by atoms with Gasteiger partial charge in [-0.15, -0.1) is 0 Å². The number of halogens is 1. The van der Waals surface area contributed by atoms with Crippen molar-refractivity contribution >= 4 is 26.7 Å². The summed E-state index contributed by atoms with van der Waals surface area (Å²) in [6.45, 7) is 2.05. The summed E-state index contributed by atoms with van der Waals surface area (Å²) < 4.78 is 12.6. The maximum atomic E-state index is 12.6. The maximum absolute atomic E-state index is 12.6. The molecule has 0 radical (unpaired) electrons. The van der Waals surface area contributed by atoms with Gasteiger partial charge in [-0.05, 0) is 44.7 Å². The molecule has 1 atom stereocenters. The van der Waals surface area contributed by atoms with Crippen LogP contribution in [0.2, 0.25) is 0 Å². The summed E-state index contributed by atoms with van der Waals surface area (Å²) in [6.07, 6.45) is 6.06. The molecule has 0 saturated heterocycles. The molecule has 0 aliphatic heterocycles. The Kier molecular flexibility index (Phi) is 5.19. The van der Waals surface area contributed by atoms with Crippen molar-refractivity contribution in [3.8, 4) is 0 Å². The van der Waals surface area contributed by atoms with Crippen molar-refractivity contribution in [2.45, 2.75) is 43.9 Å². The molecule has 1 saturated carbocycles. The third kappa shape index (κ3) is 3.33. The van der Waals surface area contributed by atoms with Gasteiger partial charge < -0.3 is 0 Å². The minimum Gasteiger partial charge on any atom is -0.249 e. The highest BCUT2D eigenvalue weighted by atomic mass is 79.9. The van der Waals surface area contributed by atoms with Crippen LogP contribution in [0.15, 0.2) is 39.6 Å². The average Bonchev–Trinajstić information content (AvgIpc) is 2.41. The summed E-state index contributed by atoms with van der Waals surface area (Å²) in [5, 5.41) is 0.725. The van der Waals surface area contributed by atoms with Crippen LogP contribution in [0.5, 0.6) is 0 Å². The molecular weight excluding hydrogens is 308 g/mol. The molecule has 0 spiro atoms. The number of allylic oxidation sites excluding steroid dienone is 2. The topological polar surface area (TPSA) is 17.1 Å². The number of rotatable bonds is 3. The minimum absolute atomic E-state index is 0.725. The van der Waals surface area contributed by atoms with E-state index in [-0.39, 0.29) is 0 Å². The molecule has 0 aromatic heterocycles. The second-order valence-electron chi connectivity index (χ2n) is 4.80. The first-order chi connectivity index (χ1) is 8.72. The minimum atomic E-state index is -0.994. The second-order valence-corrected chi connectivity index (χ2v) is 6.87. The molecule has 18 heavy (non-hydrogen) atoms. The largest absolute Gasteiger partial charge is 0.249 e. The molecular formula is C15H19BrOS. The molecule has 1 unspecified atom stereocenters. The Hall–Kier alpha value is -0.410. The predicted molar refractivity (Wildman–Crippen MR) is 81.5 cm³/mol. The van der Waals surface area contributed by atoms with Crippen LogP contribution in [-0.4, -0.2) is 9.54 Å². The summed E-state index contributed by atoms with van der Waals surface area (Å²) in [6, 6.07) is 8.03. The Morgan fingerprint density at radius 3 is 2.33 bits per heavy atom. The van der Waals surface area contributed by atoms with Gasteiger partial charge in [-0.3, -0.25) is 0 Å². The van der Waals surface area contributed by atoms with Gasteiger partial charge in [0.05, 0.1) is 10.8 Å². The first-order valence-electron chi connectivity index (χ1n) is 6.47. The lowest BCUT2D eigenvalue weighted by atomic mass is 9.95. The van der Waals surface area contributed by atoms with Gasteiger partial charge in [0.1, 0.15) is 0 Å². The molecule has 0 N–H and O–H groups in total. The highest BCUT2D eigenvalue weighted by Crippen LogP contribution is 2.30. The van der Waals surface area contributed by atoms with Gasteiger partial charge in [-0.2, -0.15) is 0 Å². The zero-order valence-corrected chi connectivity index (χ0v) is 13.1. The Labute approximate surface area is 120 Å². The van der Waals surface area contributed by atoms with E-state index in [4.69, 9.17) is 0 Å². The first kappa shape index (κ1) is 14.0. The van der Waals surface area contributed by atoms with E-state index < -0.39 is 10.8 Å². The lowest BCUT2D eigenvalue weighted by Crippen LogP contribution is -2.05. The van der Waals surface area contributed by atoms with E-state index in [1.807, 2.05) is 24.3 Å². The number of hydrogen-bond acceptors (Lipinski definition) is 1. The molecule has 1 fully saturated rings. The molecule has 1 nitrogen and oxygen atoms in total. The van der Waals surface area contributed by atoms with Gasteiger partial charge in [0.2, 0.25) is 0 Å². The SMILES string of the molecule is Cc1ccc(S(=O)C(CBr)=C2CCCCC2)cc1. The Bertz CT molecular complexity index is 454. The summed E-state index contributed by atoms with van der Waals surface area (Å²) in [5.74, 6) is 0. The van der Waals surface area contributed by atoms with Crippen LogP contribution in [0.4, 0.5) is 0 Å². The van der Waals surface area contributed by atoms with E-state index in [1.54, 1.807) is 0 Å². The van der Waals surface area contributed by atoms with Gasteiger partial charge in [0.25, 0.3) is 0 Å². The van der Waals surface area contributed by atoms with Crippen molar-refractivity contribution in [3.63, 3.8) is 0 Å². The van der Waals surface area contributed by atoms with Crippen LogP contribution in [0, 0.1) is 6.92 Å². The maximum Gasteiger partial charge on any atom is 0.0816 e. The van der Waals surface area contributed by atoms with Gasteiger partial charge in [-0.1, -0.05) is 45.6 Å². The number of hydrogen-bond donors (Lipinski definition) is 0. The third-order valence-corrected chi connectivity index (χ3v) is 5.94. The van der Waals surface area contributed by atoms with Crippen LogP contribution in [0.25, 0.3) is 0 Å². The Balaban J connectivity index is 2.27. The average molecular weight is 327 g/mol. The summed E-state index contributed by atoms with van der Waals surface area (Å²) in [7, 11) is -0.994. The number of benzene rings is 1. The van der Waals surface area contributed by atoms with Crippen LogP contribution < -0.4 is 0 Å². The highest BCUT2D eigenvalue weighted by Gasteiger charge is 2.16. The molecule has 1 aromatic carbocycles. The van der Waals surface area contributed by atoms with E-state index >= 15 is 0 Å². The van der Waals surface area contributed by atoms with Crippen molar-refractivity contribution in [1.29, 1.82) is 0 Å². The lowest BCUT2D eigenvalue weighted by Gasteiger charge is -2.18. The second kappa shape index (κ2) is 6.67. The molecule has 1 aromatic rings. The third-order valence-electron chi connectivity index (χ3n) is 3.43. The van der Waals surface area contributed by atoms with Crippen LogP contribution in [0.3, 0.4) is 0 Å².